The molecular formula is C11H13NO4. The minimum Gasteiger partial charge on any atom is -0.478 e. The molecule has 0 saturated carbocycles. The highest BCUT2D eigenvalue weighted by Gasteiger charge is 1.93. The van der Waals surface area contributed by atoms with Gasteiger partial charge in [-0.2, -0.15) is 0 Å². The molecular weight excluding hydrogens is 210 g/mol. The zero-order valence-corrected chi connectivity index (χ0v) is 8.84. The first-order chi connectivity index (χ1) is 7.43. The molecule has 5 heteroatoms. The second kappa shape index (κ2) is 7.05. The Balaban J connectivity index is 0.000000325. The number of carbonyl (C=O) groups excluding carboxylic acids is 1. The van der Waals surface area contributed by atoms with Crippen molar-refractivity contribution in [2.45, 2.75) is 6.92 Å². The number of benzene rings is 1. The monoisotopic (exact) mass is 223 g/mol. The molecule has 0 radical (unpaired) electrons. The van der Waals surface area contributed by atoms with Crippen LogP contribution in [0, 0.1) is 0 Å². The van der Waals surface area contributed by atoms with Crippen molar-refractivity contribution in [3.8, 4) is 5.75 Å². The molecule has 0 aromatic heterocycles. The first-order valence-electron chi connectivity index (χ1n) is 4.34. The van der Waals surface area contributed by atoms with Gasteiger partial charge in [-0.25, -0.2) is 9.59 Å². The highest BCUT2D eigenvalue weighted by Crippen LogP contribution is 2.07. The number of para-hydroxylation sites is 1. The van der Waals surface area contributed by atoms with Crippen LogP contribution in [0.25, 0.3) is 0 Å². The maximum atomic E-state index is 10.2. The van der Waals surface area contributed by atoms with Gasteiger partial charge in [-0.3, -0.25) is 0 Å². The molecule has 3 N–H and O–H groups in total. The van der Waals surface area contributed by atoms with Crippen molar-refractivity contribution in [1.82, 2.24) is 0 Å². The second-order valence-electron chi connectivity index (χ2n) is 2.82. The van der Waals surface area contributed by atoms with Crippen molar-refractivity contribution in [1.29, 1.82) is 0 Å². The summed E-state index contributed by atoms with van der Waals surface area (Å²) in [6.45, 7) is 4.60. The first-order valence-corrected chi connectivity index (χ1v) is 4.34. The van der Waals surface area contributed by atoms with Crippen LogP contribution in [0.3, 0.4) is 0 Å². The van der Waals surface area contributed by atoms with E-state index in [0.29, 0.717) is 5.75 Å². The number of hydrogen-bond acceptors (Lipinski definition) is 3. The Morgan fingerprint density at radius 1 is 1.31 bits per heavy atom. The molecule has 5 nitrogen and oxygen atoms in total. The van der Waals surface area contributed by atoms with Crippen LogP contribution in [0.1, 0.15) is 6.92 Å². The van der Waals surface area contributed by atoms with E-state index in [4.69, 9.17) is 10.8 Å². The number of primary amides is 1. The molecule has 16 heavy (non-hydrogen) atoms. The number of carbonyl (C=O) groups is 2. The molecule has 0 spiro atoms. The predicted molar refractivity (Wildman–Crippen MR) is 59.1 cm³/mol. The van der Waals surface area contributed by atoms with E-state index in [1.54, 1.807) is 24.3 Å². The Labute approximate surface area is 93.1 Å². The normalized spacial score (nSPS) is 8.31. The van der Waals surface area contributed by atoms with Crippen LogP contribution in [-0.2, 0) is 4.79 Å². The average Bonchev–Trinajstić information content (AvgIpc) is 2.19. The molecule has 0 bridgehead atoms. The molecule has 86 valence electrons. The fourth-order valence-corrected chi connectivity index (χ4v) is 0.605. The van der Waals surface area contributed by atoms with Crippen LogP contribution in [0.2, 0.25) is 0 Å². The Bertz CT molecular complexity index is 361. The molecule has 0 fully saturated rings. The van der Waals surface area contributed by atoms with E-state index in [9.17, 15) is 9.59 Å². The van der Waals surface area contributed by atoms with Gasteiger partial charge in [0.05, 0.1) is 0 Å². The molecule has 0 saturated heterocycles. The lowest BCUT2D eigenvalue weighted by atomic mass is 10.3. The topological polar surface area (TPSA) is 89.6 Å². The van der Waals surface area contributed by atoms with Crippen LogP contribution in [-0.4, -0.2) is 17.2 Å². The van der Waals surface area contributed by atoms with Crippen molar-refractivity contribution < 1.29 is 19.4 Å². The summed E-state index contributed by atoms with van der Waals surface area (Å²) in [6, 6.07) is 8.67. The molecule has 0 aliphatic carbocycles. The fraction of sp³-hybridized carbons (Fsp3) is 0.0909. The summed E-state index contributed by atoms with van der Waals surface area (Å²) in [5, 5.41) is 7.89. The largest absolute Gasteiger partial charge is 0.478 e. The van der Waals surface area contributed by atoms with Crippen molar-refractivity contribution in [3.63, 3.8) is 0 Å². The van der Waals surface area contributed by atoms with Gasteiger partial charge in [0.25, 0.3) is 0 Å². The third-order valence-electron chi connectivity index (χ3n) is 1.33. The summed E-state index contributed by atoms with van der Waals surface area (Å²) >= 11 is 0. The highest BCUT2D eigenvalue weighted by atomic mass is 16.5. The van der Waals surface area contributed by atoms with Crippen LogP contribution >= 0.6 is 0 Å². The van der Waals surface area contributed by atoms with Gasteiger partial charge in [-0.05, 0) is 19.1 Å². The molecule has 1 aromatic carbocycles. The predicted octanol–water partition coefficient (Wildman–Crippen LogP) is 1.79. The smallest absolute Gasteiger partial charge is 0.409 e. The number of amides is 1. The van der Waals surface area contributed by atoms with Gasteiger partial charge in [-0.1, -0.05) is 24.8 Å². The Morgan fingerprint density at radius 2 is 1.75 bits per heavy atom. The Kier molecular flexibility index (Phi) is 6.04. The number of aliphatic carboxylic acids is 1. The Hall–Kier alpha value is -2.30. The number of nitrogens with two attached hydrogens (primary N) is 1. The molecule has 1 amide bonds. The summed E-state index contributed by atoms with van der Waals surface area (Å²) in [5.41, 5.74) is 4.94. The first kappa shape index (κ1) is 13.7. The van der Waals surface area contributed by atoms with Gasteiger partial charge in [-0.15, -0.1) is 0 Å². The van der Waals surface area contributed by atoms with Gasteiger partial charge in [0, 0.05) is 5.57 Å². The number of rotatable bonds is 2. The van der Waals surface area contributed by atoms with E-state index in [1.807, 2.05) is 6.07 Å². The quantitative estimate of drug-likeness (QED) is 0.748. The summed E-state index contributed by atoms with van der Waals surface area (Å²) in [7, 11) is 0. The lowest BCUT2D eigenvalue weighted by Gasteiger charge is -1.96. The summed E-state index contributed by atoms with van der Waals surface area (Å²) < 4.78 is 4.55. The maximum absolute atomic E-state index is 10.2. The Morgan fingerprint density at radius 3 is 2.06 bits per heavy atom. The lowest BCUT2D eigenvalue weighted by Crippen LogP contribution is -2.15. The minimum absolute atomic E-state index is 0.176. The molecule has 0 heterocycles. The van der Waals surface area contributed by atoms with Gasteiger partial charge in [0.15, 0.2) is 0 Å². The van der Waals surface area contributed by atoms with E-state index >= 15 is 0 Å². The van der Waals surface area contributed by atoms with Gasteiger partial charge in [0.1, 0.15) is 5.75 Å². The van der Waals surface area contributed by atoms with Crippen molar-refractivity contribution in [2.75, 3.05) is 0 Å². The van der Waals surface area contributed by atoms with Crippen molar-refractivity contribution in [2.24, 2.45) is 5.73 Å². The van der Waals surface area contributed by atoms with Crippen molar-refractivity contribution in [3.05, 3.63) is 42.5 Å². The van der Waals surface area contributed by atoms with E-state index < -0.39 is 12.1 Å². The molecule has 0 unspecified atom stereocenters. The number of carboxylic acids is 1. The van der Waals surface area contributed by atoms with Crippen molar-refractivity contribution >= 4 is 12.1 Å². The molecule has 0 atom stereocenters. The van der Waals surface area contributed by atoms with Gasteiger partial charge < -0.3 is 15.6 Å². The summed E-state index contributed by atoms with van der Waals surface area (Å²) in [4.78, 5) is 19.8. The van der Waals surface area contributed by atoms with Gasteiger partial charge >= 0.3 is 12.1 Å². The summed E-state index contributed by atoms with van der Waals surface area (Å²) in [5.74, 6) is -0.468. The van der Waals surface area contributed by atoms with E-state index in [-0.39, 0.29) is 5.57 Å². The SMILES string of the molecule is C=C(C)C(=O)O.NC(=O)Oc1ccccc1. The van der Waals surface area contributed by atoms with Crippen LogP contribution in [0.5, 0.6) is 5.75 Å². The molecule has 0 aliphatic heterocycles. The zero-order valence-electron chi connectivity index (χ0n) is 8.84. The summed E-state index contributed by atoms with van der Waals surface area (Å²) in [6.07, 6.45) is -0.786. The molecule has 1 aromatic rings. The zero-order chi connectivity index (χ0) is 12.6. The van der Waals surface area contributed by atoms with E-state index in [1.165, 1.54) is 6.92 Å². The highest BCUT2D eigenvalue weighted by molar-refractivity contribution is 5.84. The van der Waals surface area contributed by atoms with E-state index in [0.717, 1.165) is 0 Å². The van der Waals surface area contributed by atoms with Crippen LogP contribution < -0.4 is 10.5 Å². The lowest BCUT2D eigenvalue weighted by molar-refractivity contribution is -0.132. The molecule has 1 rings (SSSR count). The number of ether oxygens (including phenoxy) is 1. The van der Waals surface area contributed by atoms with E-state index in [2.05, 4.69) is 11.3 Å². The number of hydrogen-bond donors (Lipinski definition) is 2. The number of carboxylic acid groups (broad SMARTS) is 1. The van der Waals surface area contributed by atoms with Gasteiger partial charge in [0.2, 0.25) is 0 Å². The maximum Gasteiger partial charge on any atom is 0.409 e. The third-order valence-corrected chi connectivity index (χ3v) is 1.33. The average molecular weight is 223 g/mol. The second-order valence-corrected chi connectivity index (χ2v) is 2.82. The third kappa shape index (κ3) is 7.14. The molecule has 0 aliphatic rings. The fourth-order valence-electron chi connectivity index (χ4n) is 0.605. The minimum atomic E-state index is -0.935. The van der Waals surface area contributed by atoms with Crippen LogP contribution in [0.15, 0.2) is 42.5 Å². The van der Waals surface area contributed by atoms with Crippen LogP contribution in [0.4, 0.5) is 4.79 Å². The standard InChI is InChI=1S/C7H7NO2.C4H6O2/c8-7(9)10-6-4-2-1-3-5-6;1-3(2)4(5)6/h1-5H,(H2,8,9);1H2,2H3,(H,5,6).